The lowest BCUT2D eigenvalue weighted by atomic mass is 10.0. The van der Waals surface area contributed by atoms with Crippen LogP contribution in [0, 0.1) is 5.92 Å². The predicted octanol–water partition coefficient (Wildman–Crippen LogP) is 3.15. The number of allylic oxidation sites excluding steroid dienone is 1. The van der Waals surface area contributed by atoms with Crippen LogP contribution in [-0.2, 0) is 0 Å². The molecule has 0 nitrogen and oxygen atoms in total. The van der Waals surface area contributed by atoms with Crippen molar-refractivity contribution in [2.75, 3.05) is 0 Å². The molecule has 0 aromatic carbocycles. The van der Waals surface area contributed by atoms with Gasteiger partial charge in [0, 0.05) is 0 Å². The highest BCUT2D eigenvalue weighted by Crippen LogP contribution is 2.11. The Morgan fingerprint density at radius 3 is 2.56 bits per heavy atom. The van der Waals surface area contributed by atoms with Crippen molar-refractivity contribution < 1.29 is 0 Å². The second-order valence-electron chi connectivity index (χ2n) is 2.67. The van der Waals surface area contributed by atoms with E-state index in [9.17, 15) is 0 Å². The molecule has 0 heterocycles. The minimum absolute atomic E-state index is 0.791. The van der Waals surface area contributed by atoms with E-state index in [0.29, 0.717) is 0 Å². The summed E-state index contributed by atoms with van der Waals surface area (Å²) in [6, 6.07) is 0. The van der Waals surface area contributed by atoms with Gasteiger partial charge in [0.1, 0.15) is 0 Å². The summed E-state index contributed by atoms with van der Waals surface area (Å²) in [5, 5.41) is 0. The highest BCUT2D eigenvalue weighted by Gasteiger charge is 1.97. The normalized spacial score (nSPS) is 12.3. The molecule has 0 radical (unpaired) electrons. The Kier molecular flexibility index (Phi) is 4.17. The maximum atomic E-state index is 3.59. The van der Waals surface area contributed by atoms with Crippen LogP contribution in [0.4, 0.5) is 0 Å². The Balaban J connectivity index is 3.60. The molecule has 1 unspecified atom stereocenters. The standard InChI is InChI=1S/C9H16/c1-5-8(3)7-9(4)6-2/h9H,1,6-7H2,2-4H3. The van der Waals surface area contributed by atoms with Crippen LogP contribution in [0.1, 0.15) is 33.6 Å². The average molecular weight is 124 g/mol. The fraction of sp³-hybridized carbons (Fsp3) is 0.667. The van der Waals surface area contributed by atoms with Crippen molar-refractivity contribution in [3.63, 3.8) is 0 Å². The van der Waals surface area contributed by atoms with E-state index in [0.717, 1.165) is 12.3 Å². The molecule has 0 aliphatic rings. The lowest BCUT2D eigenvalue weighted by molar-refractivity contribution is 0.558. The van der Waals surface area contributed by atoms with E-state index in [2.05, 4.69) is 33.1 Å². The first-order valence-electron chi connectivity index (χ1n) is 3.56. The van der Waals surface area contributed by atoms with E-state index in [1.807, 2.05) is 0 Å². The highest BCUT2D eigenvalue weighted by atomic mass is 14.0. The van der Waals surface area contributed by atoms with Gasteiger partial charge in [-0.2, -0.15) is 0 Å². The zero-order valence-electron chi connectivity index (χ0n) is 6.70. The van der Waals surface area contributed by atoms with E-state index in [1.54, 1.807) is 0 Å². The molecule has 0 spiro atoms. The molecule has 0 amide bonds. The summed E-state index contributed by atoms with van der Waals surface area (Å²) in [5.41, 5.74) is 4.18. The van der Waals surface area contributed by atoms with Gasteiger partial charge in [0.15, 0.2) is 0 Å². The van der Waals surface area contributed by atoms with E-state index >= 15 is 0 Å². The molecule has 0 N–H and O–H groups in total. The molecule has 0 fully saturated rings. The summed E-state index contributed by atoms with van der Waals surface area (Å²) in [6.07, 6.45) is 2.40. The maximum absolute atomic E-state index is 3.59. The van der Waals surface area contributed by atoms with Gasteiger partial charge in [0.25, 0.3) is 0 Å². The first-order valence-corrected chi connectivity index (χ1v) is 3.56. The molecule has 0 saturated carbocycles. The molecule has 0 bridgehead atoms. The van der Waals surface area contributed by atoms with Gasteiger partial charge in [-0.3, -0.25) is 0 Å². The van der Waals surface area contributed by atoms with Gasteiger partial charge in [-0.15, -0.1) is 5.73 Å². The van der Waals surface area contributed by atoms with E-state index in [4.69, 9.17) is 0 Å². The first kappa shape index (κ1) is 8.52. The Bertz CT molecular complexity index is 116. The van der Waals surface area contributed by atoms with Gasteiger partial charge in [-0.25, -0.2) is 0 Å². The number of rotatable bonds is 3. The second-order valence-corrected chi connectivity index (χ2v) is 2.67. The van der Waals surface area contributed by atoms with Crippen molar-refractivity contribution in [1.29, 1.82) is 0 Å². The Morgan fingerprint density at radius 1 is 1.67 bits per heavy atom. The summed E-state index contributed by atoms with van der Waals surface area (Å²) in [6.45, 7) is 10.1. The fourth-order valence-electron chi connectivity index (χ4n) is 0.739. The lowest BCUT2D eigenvalue weighted by Crippen LogP contribution is -1.91. The van der Waals surface area contributed by atoms with Gasteiger partial charge in [0.2, 0.25) is 0 Å². The molecular formula is C9H16. The molecule has 0 saturated heterocycles. The molecule has 9 heavy (non-hydrogen) atoms. The highest BCUT2D eigenvalue weighted by molar-refractivity contribution is 4.94. The molecule has 0 rings (SSSR count). The second kappa shape index (κ2) is 4.40. The predicted molar refractivity (Wildman–Crippen MR) is 42.4 cm³/mol. The minimum Gasteiger partial charge on any atom is -0.130 e. The van der Waals surface area contributed by atoms with Crippen LogP contribution in [-0.4, -0.2) is 0 Å². The van der Waals surface area contributed by atoms with Crippen LogP contribution < -0.4 is 0 Å². The molecule has 0 aliphatic carbocycles. The van der Waals surface area contributed by atoms with Gasteiger partial charge in [-0.1, -0.05) is 26.8 Å². The van der Waals surface area contributed by atoms with Crippen LogP contribution in [0.2, 0.25) is 0 Å². The van der Waals surface area contributed by atoms with E-state index in [-0.39, 0.29) is 0 Å². The smallest absolute Gasteiger partial charge is 0.0221 e. The third-order valence-corrected chi connectivity index (χ3v) is 1.65. The quantitative estimate of drug-likeness (QED) is 0.507. The lowest BCUT2D eigenvalue weighted by Gasteiger charge is -2.05. The van der Waals surface area contributed by atoms with Crippen molar-refractivity contribution in [2.24, 2.45) is 5.92 Å². The third kappa shape index (κ3) is 4.05. The molecule has 0 aromatic heterocycles. The summed E-state index contributed by atoms with van der Waals surface area (Å²) in [5.74, 6) is 0.791. The molecule has 1 atom stereocenters. The molecular weight excluding hydrogens is 108 g/mol. The fourth-order valence-corrected chi connectivity index (χ4v) is 0.739. The van der Waals surface area contributed by atoms with Gasteiger partial charge < -0.3 is 0 Å². The van der Waals surface area contributed by atoms with Gasteiger partial charge >= 0.3 is 0 Å². The molecule has 0 aliphatic heterocycles. The van der Waals surface area contributed by atoms with Crippen molar-refractivity contribution in [3.8, 4) is 0 Å². The Morgan fingerprint density at radius 2 is 2.22 bits per heavy atom. The van der Waals surface area contributed by atoms with Crippen LogP contribution in [0.3, 0.4) is 0 Å². The number of hydrogen-bond acceptors (Lipinski definition) is 0. The Labute approximate surface area is 58.3 Å². The zero-order valence-corrected chi connectivity index (χ0v) is 6.70. The number of hydrogen-bond donors (Lipinski definition) is 0. The van der Waals surface area contributed by atoms with Crippen molar-refractivity contribution >= 4 is 0 Å². The van der Waals surface area contributed by atoms with E-state index in [1.165, 1.54) is 12.0 Å². The first-order chi connectivity index (χ1) is 4.20. The van der Waals surface area contributed by atoms with Crippen molar-refractivity contribution in [1.82, 2.24) is 0 Å². The summed E-state index contributed by atoms with van der Waals surface area (Å²) in [4.78, 5) is 0. The molecule has 0 heteroatoms. The van der Waals surface area contributed by atoms with E-state index < -0.39 is 0 Å². The largest absolute Gasteiger partial charge is 0.130 e. The summed E-state index contributed by atoms with van der Waals surface area (Å²) < 4.78 is 0. The van der Waals surface area contributed by atoms with Crippen LogP contribution >= 0.6 is 0 Å². The molecule has 52 valence electrons. The van der Waals surface area contributed by atoms with Crippen LogP contribution in [0.25, 0.3) is 0 Å². The SMILES string of the molecule is C=C=C(C)CC(C)CC. The minimum atomic E-state index is 0.791. The monoisotopic (exact) mass is 124 g/mol. The van der Waals surface area contributed by atoms with Crippen molar-refractivity contribution in [2.45, 2.75) is 33.6 Å². The summed E-state index contributed by atoms with van der Waals surface area (Å²) >= 11 is 0. The van der Waals surface area contributed by atoms with Gasteiger partial charge in [0.05, 0.1) is 0 Å². The zero-order chi connectivity index (χ0) is 7.28. The van der Waals surface area contributed by atoms with Gasteiger partial charge in [-0.05, 0) is 24.8 Å². The van der Waals surface area contributed by atoms with Crippen molar-refractivity contribution in [3.05, 3.63) is 17.9 Å². The maximum Gasteiger partial charge on any atom is -0.0221 e. The Hall–Kier alpha value is -0.480. The topological polar surface area (TPSA) is 0 Å². The van der Waals surface area contributed by atoms with Crippen LogP contribution in [0.15, 0.2) is 17.9 Å². The molecule has 0 aromatic rings. The summed E-state index contributed by atoms with van der Waals surface area (Å²) in [7, 11) is 0. The average Bonchev–Trinajstić information content (AvgIpc) is 1.87. The van der Waals surface area contributed by atoms with Crippen LogP contribution in [0.5, 0.6) is 0 Å². The third-order valence-electron chi connectivity index (χ3n) is 1.65.